The lowest BCUT2D eigenvalue weighted by molar-refractivity contribution is -0.146. The van der Waals surface area contributed by atoms with Crippen LogP contribution in [-0.2, 0) is 19.1 Å². The summed E-state index contributed by atoms with van der Waals surface area (Å²) in [6.45, 7) is 8.75. The summed E-state index contributed by atoms with van der Waals surface area (Å²) in [5.74, 6) is 0.651. The fourth-order valence-corrected chi connectivity index (χ4v) is 6.29. The van der Waals surface area contributed by atoms with E-state index in [2.05, 4.69) is 26.1 Å². The Hall–Kier alpha value is -1.14. The number of unbranched alkanes of at least 4 members (excludes halogenated alkanes) is 21. The fourth-order valence-electron chi connectivity index (χ4n) is 6.29. The molecule has 0 radical (unpaired) electrons. The van der Waals surface area contributed by atoms with Gasteiger partial charge in [-0.05, 0) is 44.6 Å². The van der Waals surface area contributed by atoms with Crippen LogP contribution in [0, 0.1) is 5.92 Å². The lowest BCUT2D eigenvalue weighted by Crippen LogP contribution is -2.39. The van der Waals surface area contributed by atoms with Crippen LogP contribution in [0.4, 0.5) is 0 Å². The van der Waals surface area contributed by atoms with E-state index in [-0.39, 0.29) is 24.6 Å². The number of aliphatic hydroxyl groups excluding tert-OH is 1. The van der Waals surface area contributed by atoms with Gasteiger partial charge in [0, 0.05) is 13.0 Å². The molecule has 0 saturated heterocycles. The highest BCUT2D eigenvalue weighted by Gasteiger charge is 2.18. The van der Waals surface area contributed by atoms with Gasteiger partial charge in [0.15, 0.2) is 0 Å². The molecule has 0 bridgehead atoms. The van der Waals surface area contributed by atoms with Crippen LogP contribution in [0.1, 0.15) is 213 Å². The van der Waals surface area contributed by atoms with Crippen LogP contribution in [0.2, 0.25) is 0 Å². The largest absolute Gasteiger partial charge is 0.466 e. The maximum Gasteiger partial charge on any atom is 0.323 e. The van der Waals surface area contributed by atoms with E-state index in [1.165, 1.54) is 116 Å². The number of nitrogens with one attached hydrogen (secondary N) is 1. The van der Waals surface area contributed by atoms with Gasteiger partial charge in [0.2, 0.25) is 0 Å². The molecule has 0 rings (SSSR count). The van der Waals surface area contributed by atoms with Crippen molar-refractivity contribution >= 4 is 11.9 Å². The van der Waals surface area contributed by atoms with Gasteiger partial charge in [0.05, 0.1) is 13.2 Å². The van der Waals surface area contributed by atoms with Crippen LogP contribution < -0.4 is 5.32 Å². The molecule has 6 nitrogen and oxygen atoms in total. The van der Waals surface area contributed by atoms with Crippen molar-refractivity contribution < 1.29 is 24.2 Å². The Bertz CT molecular complexity index is 658. The smallest absolute Gasteiger partial charge is 0.323 e. The van der Waals surface area contributed by atoms with Crippen molar-refractivity contribution in [1.29, 1.82) is 0 Å². The van der Waals surface area contributed by atoms with Gasteiger partial charge in [-0.3, -0.25) is 9.59 Å². The first kappa shape index (κ1) is 45.9. The number of aliphatic hydroxyl groups is 1. The maximum absolute atomic E-state index is 12.8. The van der Waals surface area contributed by atoms with E-state index in [1.807, 2.05) is 0 Å². The zero-order valence-electron chi connectivity index (χ0n) is 31.8. The Morgan fingerprint density at radius 1 is 0.532 bits per heavy atom. The van der Waals surface area contributed by atoms with Gasteiger partial charge in [-0.25, -0.2) is 0 Å². The Labute approximate surface area is 292 Å². The summed E-state index contributed by atoms with van der Waals surface area (Å²) in [7, 11) is 0. The van der Waals surface area contributed by atoms with E-state index in [9.17, 15) is 9.59 Å². The number of hydrogen-bond acceptors (Lipinski definition) is 6. The molecule has 2 unspecified atom stereocenters. The molecule has 0 aliphatic carbocycles. The number of esters is 2. The quantitative estimate of drug-likeness (QED) is 0.0503. The normalized spacial score (nSPS) is 12.7. The fraction of sp³-hybridized carbons (Fsp3) is 0.951. The first-order chi connectivity index (χ1) is 23.0. The lowest BCUT2D eigenvalue weighted by Gasteiger charge is -2.17. The molecule has 2 atom stereocenters. The minimum atomic E-state index is -0.300. The van der Waals surface area contributed by atoms with Gasteiger partial charge in [-0.1, -0.05) is 175 Å². The average Bonchev–Trinajstić information content (AvgIpc) is 3.07. The summed E-state index contributed by atoms with van der Waals surface area (Å²) in [6, 6.07) is -0.300. The predicted molar refractivity (Wildman–Crippen MR) is 200 cm³/mol. The molecule has 0 aliphatic heterocycles. The average molecular weight is 668 g/mol. The summed E-state index contributed by atoms with van der Waals surface area (Å²) in [6.07, 6.45) is 35.2. The molecule has 0 fully saturated rings. The van der Waals surface area contributed by atoms with Crippen molar-refractivity contribution in [3.8, 4) is 0 Å². The Morgan fingerprint density at radius 2 is 0.957 bits per heavy atom. The number of rotatable bonds is 38. The molecule has 0 aromatic carbocycles. The highest BCUT2D eigenvalue weighted by molar-refractivity contribution is 5.75. The van der Waals surface area contributed by atoms with Gasteiger partial charge >= 0.3 is 11.9 Å². The molecule has 0 aromatic heterocycles. The topological polar surface area (TPSA) is 84.9 Å². The van der Waals surface area contributed by atoms with Gasteiger partial charge in [0.1, 0.15) is 6.04 Å². The van der Waals surface area contributed by atoms with Crippen molar-refractivity contribution in [2.75, 3.05) is 26.4 Å². The van der Waals surface area contributed by atoms with Crippen LogP contribution in [0.5, 0.6) is 0 Å². The van der Waals surface area contributed by atoms with Crippen LogP contribution in [0.3, 0.4) is 0 Å². The Kier molecular flexibility index (Phi) is 36.8. The summed E-state index contributed by atoms with van der Waals surface area (Å²) >= 11 is 0. The second-order valence-corrected chi connectivity index (χ2v) is 14.3. The summed E-state index contributed by atoms with van der Waals surface area (Å²) in [4.78, 5) is 24.8. The highest BCUT2D eigenvalue weighted by Crippen LogP contribution is 2.19. The zero-order valence-corrected chi connectivity index (χ0v) is 31.8. The number of ether oxygens (including phenoxy) is 2. The maximum atomic E-state index is 12.8. The molecule has 0 heterocycles. The lowest BCUT2D eigenvalue weighted by atomic mass is 9.96. The van der Waals surface area contributed by atoms with Crippen molar-refractivity contribution in [1.82, 2.24) is 5.32 Å². The zero-order chi connectivity index (χ0) is 34.5. The van der Waals surface area contributed by atoms with Gasteiger partial charge in [0.25, 0.3) is 0 Å². The van der Waals surface area contributed by atoms with Crippen LogP contribution >= 0.6 is 0 Å². The van der Waals surface area contributed by atoms with Crippen LogP contribution in [-0.4, -0.2) is 49.5 Å². The highest BCUT2D eigenvalue weighted by atomic mass is 16.5. The second kappa shape index (κ2) is 37.7. The second-order valence-electron chi connectivity index (χ2n) is 14.3. The van der Waals surface area contributed by atoms with Crippen molar-refractivity contribution in [2.24, 2.45) is 5.92 Å². The third kappa shape index (κ3) is 34.5. The molecule has 0 aliphatic rings. The van der Waals surface area contributed by atoms with Crippen LogP contribution in [0.25, 0.3) is 0 Å². The molecule has 2 N–H and O–H groups in total. The first-order valence-electron chi connectivity index (χ1n) is 20.7. The van der Waals surface area contributed by atoms with E-state index in [4.69, 9.17) is 14.6 Å². The molecule has 280 valence electrons. The van der Waals surface area contributed by atoms with E-state index >= 15 is 0 Å². The third-order valence-corrected chi connectivity index (χ3v) is 9.53. The number of carbonyl (C=O) groups excluding carboxylic acids is 2. The molecule has 0 spiro atoms. The van der Waals surface area contributed by atoms with Crippen molar-refractivity contribution in [3.63, 3.8) is 0 Å². The van der Waals surface area contributed by atoms with E-state index in [1.54, 1.807) is 0 Å². The molecule has 47 heavy (non-hydrogen) atoms. The standard InChI is InChI=1S/C41H81NO5/c1-4-6-8-10-12-14-21-27-36-46-40(44)33-26-20-16-19-25-32-39(42-34-29-35-43)41(45)47-37-28-22-15-13-18-24-31-38(3)30-23-17-11-9-7-5-2/h38-39,42-43H,4-37H2,1-3H3. The summed E-state index contributed by atoms with van der Waals surface area (Å²) in [5, 5.41) is 12.4. The summed E-state index contributed by atoms with van der Waals surface area (Å²) in [5.41, 5.74) is 0. The minimum Gasteiger partial charge on any atom is -0.466 e. The Balaban J connectivity index is 3.81. The Morgan fingerprint density at radius 3 is 1.47 bits per heavy atom. The van der Waals surface area contributed by atoms with E-state index in [0.29, 0.717) is 32.6 Å². The first-order valence-corrected chi connectivity index (χ1v) is 20.7. The molecular formula is C41H81NO5. The monoisotopic (exact) mass is 668 g/mol. The van der Waals surface area contributed by atoms with Crippen molar-refractivity contribution in [2.45, 2.75) is 219 Å². The third-order valence-electron chi connectivity index (χ3n) is 9.53. The predicted octanol–water partition coefficient (Wildman–Crippen LogP) is 11.4. The minimum absolute atomic E-state index is 0.0624. The van der Waals surface area contributed by atoms with Gasteiger partial charge in [-0.15, -0.1) is 0 Å². The SMILES string of the molecule is CCCCCCCCCCOC(=O)CCCCCCCC(NCCCO)C(=O)OCCCCCCCCC(C)CCCCCCCC. The molecule has 0 amide bonds. The van der Waals surface area contributed by atoms with Gasteiger partial charge in [-0.2, -0.15) is 0 Å². The molecule has 0 saturated carbocycles. The van der Waals surface area contributed by atoms with Crippen molar-refractivity contribution in [3.05, 3.63) is 0 Å². The molecular weight excluding hydrogens is 586 g/mol. The van der Waals surface area contributed by atoms with Crippen LogP contribution in [0.15, 0.2) is 0 Å². The number of carbonyl (C=O) groups is 2. The number of hydrogen-bond donors (Lipinski definition) is 2. The van der Waals surface area contributed by atoms with E-state index < -0.39 is 0 Å². The molecule has 6 heteroatoms. The summed E-state index contributed by atoms with van der Waals surface area (Å²) < 4.78 is 11.0. The van der Waals surface area contributed by atoms with E-state index in [0.717, 1.165) is 70.1 Å². The van der Waals surface area contributed by atoms with Gasteiger partial charge < -0.3 is 19.9 Å². The molecule has 0 aromatic rings.